The van der Waals surface area contributed by atoms with Crippen molar-refractivity contribution < 1.29 is 19.0 Å². The Balaban J connectivity index is 1.53. The van der Waals surface area contributed by atoms with Gasteiger partial charge < -0.3 is 19.1 Å². The number of methoxy groups -OCH3 is 1. The lowest BCUT2D eigenvalue weighted by molar-refractivity contribution is -0.119. The van der Waals surface area contributed by atoms with Crippen LogP contribution in [0.5, 0.6) is 17.2 Å². The molecule has 0 aromatic heterocycles. The molecule has 6 nitrogen and oxygen atoms in total. The van der Waals surface area contributed by atoms with Crippen LogP contribution in [0.25, 0.3) is 0 Å². The Hall–Kier alpha value is -3.20. The number of ether oxygens (including phenoxy) is 3. The van der Waals surface area contributed by atoms with Crippen LogP contribution in [0.4, 0.5) is 5.69 Å². The van der Waals surface area contributed by atoms with Crippen molar-refractivity contribution in [1.82, 2.24) is 0 Å². The van der Waals surface area contributed by atoms with E-state index in [4.69, 9.17) is 19.5 Å². The number of hydrogen-bond acceptors (Lipinski definition) is 5. The quantitative estimate of drug-likeness (QED) is 0.747. The molecule has 6 heteroatoms. The number of nitriles is 1. The number of hydrogen-bond donors (Lipinski definition) is 0. The lowest BCUT2D eigenvalue weighted by Crippen LogP contribution is -2.37. The highest BCUT2D eigenvalue weighted by molar-refractivity contribution is 5.95. The number of anilines is 1. The van der Waals surface area contributed by atoms with Crippen LogP contribution in [0, 0.1) is 11.3 Å². The van der Waals surface area contributed by atoms with E-state index in [1.54, 1.807) is 23.1 Å². The zero-order valence-electron chi connectivity index (χ0n) is 14.6. The average molecular weight is 352 g/mol. The summed E-state index contributed by atoms with van der Waals surface area (Å²) in [6.45, 7) is 1.45. The maximum Gasteiger partial charge on any atom is 0.227 e. The maximum atomic E-state index is 12.5. The van der Waals surface area contributed by atoms with Gasteiger partial charge in [0.15, 0.2) is 11.5 Å². The van der Waals surface area contributed by atoms with E-state index in [0.717, 1.165) is 11.4 Å². The number of benzene rings is 2. The van der Waals surface area contributed by atoms with E-state index >= 15 is 0 Å². The molecule has 0 radical (unpaired) electrons. The fourth-order valence-electron chi connectivity index (χ4n) is 2.83. The zero-order valence-corrected chi connectivity index (χ0v) is 14.6. The zero-order chi connectivity index (χ0) is 18.4. The minimum atomic E-state index is 0.0520. The fraction of sp³-hybridized carbons (Fsp3) is 0.300. The molecule has 0 saturated carbocycles. The van der Waals surface area contributed by atoms with E-state index in [9.17, 15) is 4.79 Å². The molecule has 2 aromatic rings. The van der Waals surface area contributed by atoms with Crippen LogP contribution in [-0.2, 0) is 4.79 Å². The van der Waals surface area contributed by atoms with Crippen molar-refractivity contribution in [2.45, 2.75) is 12.8 Å². The Labute approximate surface area is 152 Å². The van der Waals surface area contributed by atoms with Crippen LogP contribution in [0.15, 0.2) is 42.5 Å². The van der Waals surface area contributed by atoms with Crippen LogP contribution >= 0.6 is 0 Å². The molecule has 134 valence electrons. The number of nitrogens with zero attached hydrogens (tertiary/aromatic N) is 2. The van der Waals surface area contributed by atoms with Gasteiger partial charge in [0.25, 0.3) is 0 Å². The van der Waals surface area contributed by atoms with E-state index in [1.807, 2.05) is 24.3 Å². The molecule has 0 fully saturated rings. The fourth-order valence-corrected chi connectivity index (χ4v) is 2.83. The van der Waals surface area contributed by atoms with E-state index in [0.29, 0.717) is 49.7 Å². The summed E-state index contributed by atoms with van der Waals surface area (Å²) < 4.78 is 16.5. The molecule has 1 amide bonds. The number of carbonyl (C=O) groups is 1. The number of amides is 1. The van der Waals surface area contributed by atoms with Crippen LogP contribution in [0.2, 0.25) is 0 Å². The molecule has 26 heavy (non-hydrogen) atoms. The lowest BCUT2D eigenvalue weighted by Gasteiger charge is -2.29. The summed E-state index contributed by atoms with van der Waals surface area (Å²) in [5.74, 6) is 1.87. The Morgan fingerprint density at radius 1 is 1.27 bits per heavy atom. The van der Waals surface area contributed by atoms with Crippen LogP contribution in [0.3, 0.4) is 0 Å². The van der Waals surface area contributed by atoms with Crippen LogP contribution < -0.4 is 19.1 Å². The number of fused-ring (bicyclic) bond motifs is 1. The Kier molecular flexibility index (Phi) is 5.59. The first-order chi connectivity index (χ1) is 12.7. The summed E-state index contributed by atoms with van der Waals surface area (Å²) in [4.78, 5) is 14.3. The molecule has 2 aromatic carbocycles. The molecular weight excluding hydrogens is 332 g/mol. The molecule has 0 bridgehead atoms. The summed E-state index contributed by atoms with van der Waals surface area (Å²) in [6.07, 6.45) is 0.967. The molecule has 0 N–H and O–H groups in total. The summed E-state index contributed by atoms with van der Waals surface area (Å²) in [6, 6.07) is 14.6. The van der Waals surface area contributed by atoms with Gasteiger partial charge in [-0.05, 0) is 30.7 Å². The summed E-state index contributed by atoms with van der Waals surface area (Å²) in [5, 5.41) is 8.92. The predicted molar refractivity (Wildman–Crippen MR) is 96.7 cm³/mol. The van der Waals surface area contributed by atoms with Gasteiger partial charge in [-0.1, -0.05) is 12.1 Å². The van der Waals surface area contributed by atoms with Gasteiger partial charge >= 0.3 is 0 Å². The second-order valence-corrected chi connectivity index (χ2v) is 5.79. The van der Waals surface area contributed by atoms with Crippen molar-refractivity contribution >= 4 is 11.6 Å². The number of rotatable bonds is 6. The van der Waals surface area contributed by atoms with Gasteiger partial charge in [0.1, 0.15) is 12.4 Å². The SMILES string of the molecule is COc1cc(C#N)ccc1OCCCC(=O)N1CCOc2ccccc21. The van der Waals surface area contributed by atoms with Gasteiger partial charge in [0.05, 0.1) is 37.6 Å². The summed E-state index contributed by atoms with van der Waals surface area (Å²) in [7, 11) is 1.53. The van der Waals surface area contributed by atoms with Gasteiger partial charge in [-0.15, -0.1) is 0 Å². The van der Waals surface area contributed by atoms with E-state index in [-0.39, 0.29) is 5.91 Å². The molecule has 3 rings (SSSR count). The second-order valence-electron chi connectivity index (χ2n) is 5.79. The average Bonchev–Trinajstić information content (AvgIpc) is 2.70. The third kappa shape index (κ3) is 3.89. The molecule has 0 spiro atoms. The largest absolute Gasteiger partial charge is 0.493 e. The minimum Gasteiger partial charge on any atom is -0.493 e. The highest BCUT2D eigenvalue weighted by Gasteiger charge is 2.22. The van der Waals surface area contributed by atoms with Crippen molar-refractivity contribution in [3.63, 3.8) is 0 Å². The monoisotopic (exact) mass is 352 g/mol. The van der Waals surface area contributed by atoms with Crippen molar-refractivity contribution in [2.75, 3.05) is 31.8 Å². The van der Waals surface area contributed by atoms with Gasteiger partial charge in [-0.3, -0.25) is 4.79 Å². The normalized spacial score (nSPS) is 12.5. The standard InChI is InChI=1S/C20H20N2O4/c1-24-19-13-15(14-21)8-9-18(19)25-11-4-7-20(23)22-10-12-26-17-6-3-2-5-16(17)22/h2-3,5-6,8-9,13H,4,7,10-12H2,1H3. The topological polar surface area (TPSA) is 71.8 Å². The first-order valence-electron chi connectivity index (χ1n) is 8.46. The van der Waals surface area contributed by atoms with E-state index in [1.165, 1.54) is 7.11 Å². The molecule has 0 saturated heterocycles. The molecule has 0 atom stereocenters. The summed E-state index contributed by atoms with van der Waals surface area (Å²) in [5.41, 5.74) is 1.33. The van der Waals surface area contributed by atoms with Gasteiger partial charge in [0, 0.05) is 12.5 Å². The van der Waals surface area contributed by atoms with Gasteiger partial charge in [0.2, 0.25) is 5.91 Å². The third-order valence-electron chi connectivity index (χ3n) is 4.11. The smallest absolute Gasteiger partial charge is 0.227 e. The Morgan fingerprint density at radius 3 is 2.92 bits per heavy atom. The van der Waals surface area contributed by atoms with Crippen LogP contribution in [0.1, 0.15) is 18.4 Å². The van der Waals surface area contributed by atoms with Gasteiger partial charge in [-0.2, -0.15) is 5.26 Å². The Morgan fingerprint density at radius 2 is 2.12 bits per heavy atom. The molecule has 1 aliphatic rings. The van der Waals surface area contributed by atoms with Crippen molar-refractivity contribution in [3.8, 4) is 23.3 Å². The minimum absolute atomic E-state index is 0.0520. The third-order valence-corrected chi connectivity index (χ3v) is 4.11. The maximum absolute atomic E-state index is 12.5. The molecule has 0 aliphatic carbocycles. The predicted octanol–water partition coefficient (Wildman–Crippen LogP) is 3.15. The van der Waals surface area contributed by atoms with Crippen LogP contribution in [-0.4, -0.2) is 32.8 Å². The van der Waals surface area contributed by atoms with Crippen molar-refractivity contribution in [2.24, 2.45) is 0 Å². The highest BCUT2D eigenvalue weighted by Crippen LogP contribution is 2.31. The van der Waals surface area contributed by atoms with Crippen molar-refractivity contribution in [3.05, 3.63) is 48.0 Å². The second kappa shape index (κ2) is 8.26. The molecule has 1 aliphatic heterocycles. The molecule has 1 heterocycles. The first-order valence-corrected chi connectivity index (χ1v) is 8.46. The van der Waals surface area contributed by atoms with Crippen molar-refractivity contribution in [1.29, 1.82) is 5.26 Å². The number of carbonyl (C=O) groups excluding carboxylic acids is 1. The van der Waals surface area contributed by atoms with E-state index in [2.05, 4.69) is 6.07 Å². The Bertz CT molecular complexity index is 829. The summed E-state index contributed by atoms with van der Waals surface area (Å²) >= 11 is 0. The highest BCUT2D eigenvalue weighted by atomic mass is 16.5. The van der Waals surface area contributed by atoms with Gasteiger partial charge in [-0.25, -0.2) is 0 Å². The number of para-hydroxylation sites is 2. The van der Waals surface area contributed by atoms with E-state index < -0.39 is 0 Å². The lowest BCUT2D eigenvalue weighted by atomic mass is 10.2. The molecular formula is C20H20N2O4. The molecule has 0 unspecified atom stereocenters. The first kappa shape index (κ1) is 17.6.